The number of hydrogen-bond donors (Lipinski definition) is 1. The lowest BCUT2D eigenvalue weighted by molar-refractivity contribution is -0.902. The summed E-state index contributed by atoms with van der Waals surface area (Å²) >= 11 is 0. The van der Waals surface area contributed by atoms with Gasteiger partial charge in [0.2, 0.25) is 10.0 Å². The third kappa shape index (κ3) is 3.10. The Morgan fingerprint density at radius 2 is 1.60 bits per heavy atom. The molecule has 1 N–H and O–H groups in total. The molecule has 0 bridgehead atoms. The molecular weight excluding hydrogens is 398 g/mol. The molecule has 3 aromatic carbocycles. The van der Waals surface area contributed by atoms with Gasteiger partial charge in [0, 0.05) is 5.39 Å². The lowest BCUT2D eigenvalue weighted by atomic mass is 10.1. The number of rotatable bonds is 4. The Bertz CT molecular complexity index is 1230. The Kier molecular flexibility index (Phi) is 4.61. The monoisotopic (exact) mass is 422 g/mol. The molecule has 3 aromatic rings. The fraction of sp³-hybridized carbons (Fsp3) is 0.261. The first-order chi connectivity index (χ1) is 14.4. The number of anilines is 1. The summed E-state index contributed by atoms with van der Waals surface area (Å²) in [5, 5.41) is 2.09. The van der Waals surface area contributed by atoms with Crippen LogP contribution in [-0.2, 0) is 10.0 Å². The summed E-state index contributed by atoms with van der Waals surface area (Å²) in [6.45, 7) is 4.72. The van der Waals surface area contributed by atoms with Crippen LogP contribution in [0.15, 0.2) is 65.6 Å². The lowest BCUT2D eigenvalue weighted by Crippen LogP contribution is -3.16. The minimum Gasteiger partial charge on any atom is -0.315 e. The summed E-state index contributed by atoms with van der Waals surface area (Å²) in [6, 6.07) is 18.8. The first-order valence-corrected chi connectivity index (χ1v) is 11.6. The molecule has 1 saturated heterocycles. The molecule has 2 heterocycles. The maximum atomic E-state index is 13.0. The number of sulfonamides is 1. The van der Waals surface area contributed by atoms with Gasteiger partial charge in [0.25, 0.3) is 5.91 Å². The van der Waals surface area contributed by atoms with Crippen LogP contribution in [-0.4, -0.2) is 51.5 Å². The van der Waals surface area contributed by atoms with Crippen LogP contribution in [0.1, 0.15) is 15.9 Å². The van der Waals surface area contributed by atoms with Crippen LogP contribution in [0.5, 0.6) is 0 Å². The van der Waals surface area contributed by atoms with E-state index in [0.717, 1.165) is 27.6 Å². The van der Waals surface area contributed by atoms with E-state index in [1.165, 1.54) is 4.90 Å². The fourth-order valence-corrected chi connectivity index (χ4v) is 5.86. The third-order valence-electron chi connectivity index (χ3n) is 6.12. The van der Waals surface area contributed by atoms with Gasteiger partial charge in [-0.05, 0) is 36.6 Å². The Balaban J connectivity index is 1.30. The highest BCUT2D eigenvalue weighted by Gasteiger charge is 2.35. The van der Waals surface area contributed by atoms with Crippen molar-refractivity contribution >= 4 is 32.4 Å². The van der Waals surface area contributed by atoms with Crippen molar-refractivity contribution in [2.45, 2.75) is 11.8 Å². The standard InChI is InChI=1S/C23H23N3O3S/c1-17-8-10-19(11-9-17)30(28,29)25-14-12-24(13-15-25)16-26-21-7-3-5-18-4-2-6-20(22(18)21)23(26)27/h2-11H,12-16H2,1H3/p+1. The number of nitrogens with zero attached hydrogens (tertiary/aromatic N) is 2. The first kappa shape index (κ1) is 19.2. The first-order valence-electron chi connectivity index (χ1n) is 10.2. The van der Waals surface area contributed by atoms with Crippen molar-refractivity contribution in [2.24, 2.45) is 0 Å². The number of carbonyl (C=O) groups is 1. The second kappa shape index (κ2) is 7.19. The highest BCUT2D eigenvalue weighted by atomic mass is 32.2. The summed E-state index contributed by atoms with van der Waals surface area (Å²) in [7, 11) is -3.48. The normalized spacial score (nSPS) is 17.8. The van der Waals surface area contributed by atoms with Crippen molar-refractivity contribution in [3.63, 3.8) is 0 Å². The smallest absolute Gasteiger partial charge is 0.263 e. The minimum atomic E-state index is -3.48. The SMILES string of the molecule is Cc1ccc(S(=O)(=O)N2CC[NH+](CN3C(=O)c4cccc5cccc3c45)CC2)cc1. The van der Waals surface area contributed by atoms with Crippen LogP contribution in [0.4, 0.5) is 5.69 Å². The van der Waals surface area contributed by atoms with Gasteiger partial charge in [-0.3, -0.25) is 9.69 Å². The van der Waals surface area contributed by atoms with E-state index in [4.69, 9.17) is 0 Å². The highest BCUT2D eigenvalue weighted by molar-refractivity contribution is 7.89. The number of carbonyl (C=O) groups excluding carboxylic acids is 1. The van der Waals surface area contributed by atoms with Crippen molar-refractivity contribution in [3.05, 3.63) is 71.8 Å². The Morgan fingerprint density at radius 3 is 2.30 bits per heavy atom. The van der Waals surface area contributed by atoms with E-state index >= 15 is 0 Å². The molecule has 0 unspecified atom stereocenters. The molecule has 1 fully saturated rings. The van der Waals surface area contributed by atoms with E-state index in [1.807, 2.05) is 60.4 Å². The van der Waals surface area contributed by atoms with Gasteiger partial charge in [-0.25, -0.2) is 8.42 Å². The van der Waals surface area contributed by atoms with E-state index in [9.17, 15) is 13.2 Å². The average molecular weight is 423 g/mol. The van der Waals surface area contributed by atoms with Crippen molar-refractivity contribution in [1.82, 2.24) is 4.31 Å². The number of aryl methyl sites for hydroxylation is 1. The molecule has 7 heteroatoms. The number of amides is 1. The van der Waals surface area contributed by atoms with E-state index in [-0.39, 0.29) is 5.91 Å². The van der Waals surface area contributed by atoms with Gasteiger partial charge in [0.05, 0.1) is 42.3 Å². The van der Waals surface area contributed by atoms with Crippen LogP contribution in [0.2, 0.25) is 0 Å². The number of nitrogens with one attached hydrogen (secondary N) is 1. The molecule has 5 rings (SSSR count). The summed E-state index contributed by atoms with van der Waals surface area (Å²) < 4.78 is 27.4. The maximum absolute atomic E-state index is 13.0. The molecular formula is C23H24N3O3S+. The molecule has 0 atom stereocenters. The van der Waals surface area contributed by atoms with Gasteiger partial charge in [-0.2, -0.15) is 4.31 Å². The molecule has 0 saturated carbocycles. The van der Waals surface area contributed by atoms with Gasteiger partial charge in [0.1, 0.15) is 0 Å². The van der Waals surface area contributed by atoms with Gasteiger partial charge >= 0.3 is 0 Å². The minimum absolute atomic E-state index is 0.0315. The summed E-state index contributed by atoms with van der Waals surface area (Å²) in [4.78, 5) is 16.4. The topological polar surface area (TPSA) is 62.1 Å². The van der Waals surface area contributed by atoms with E-state index < -0.39 is 10.0 Å². The van der Waals surface area contributed by atoms with Crippen LogP contribution in [0.3, 0.4) is 0 Å². The molecule has 1 amide bonds. The summed E-state index contributed by atoms with van der Waals surface area (Å²) in [5.74, 6) is 0.0315. The number of quaternary nitrogens is 1. The molecule has 2 aliphatic heterocycles. The molecule has 6 nitrogen and oxygen atoms in total. The van der Waals surface area contributed by atoms with Crippen LogP contribution < -0.4 is 9.80 Å². The highest BCUT2D eigenvalue weighted by Crippen LogP contribution is 2.36. The second-order valence-corrected chi connectivity index (χ2v) is 9.98. The third-order valence-corrected chi connectivity index (χ3v) is 8.03. The molecule has 0 spiro atoms. The van der Waals surface area contributed by atoms with Crippen molar-refractivity contribution < 1.29 is 18.1 Å². The van der Waals surface area contributed by atoms with Crippen LogP contribution in [0, 0.1) is 6.92 Å². The molecule has 30 heavy (non-hydrogen) atoms. The van der Waals surface area contributed by atoms with Crippen molar-refractivity contribution in [2.75, 3.05) is 37.7 Å². The molecule has 154 valence electrons. The molecule has 2 aliphatic rings. The van der Waals surface area contributed by atoms with Gasteiger partial charge in [-0.1, -0.05) is 42.0 Å². The predicted molar refractivity (Wildman–Crippen MR) is 116 cm³/mol. The zero-order valence-electron chi connectivity index (χ0n) is 16.8. The quantitative estimate of drug-likeness (QED) is 0.696. The van der Waals surface area contributed by atoms with Gasteiger partial charge in [-0.15, -0.1) is 0 Å². The van der Waals surface area contributed by atoms with Crippen LogP contribution in [0.25, 0.3) is 10.8 Å². The number of hydrogen-bond acceptors (Lipinski definition) is 3. The van der Waals surface area contributed by atoms with Gasteiger partial charge < -0.3 is 4.90 Å². The lowest BCUT2D eigenvalue weighted by Gasteiger charge is -2.33. The Morgan fingerprint density at radius 1 is 0.933 bits per heavy atom. The second-order valence-electron chi connectivity index (χ2n) is 8.04. The predicted octanol–water partition coefficient (Wildman–Crippen LogP) is 1.66. The van der Waals surface area contributed by atoms with Crippen LogP contribution >= 0.6 is 0 Å². The van der Waals surface area contributed by atoms with E-state index in [2.05, 4.69) is 0 Å². The number of piperazine rings is 1. The summed E-state index contributed by atoms with van der Waals surface area (Å²) in [5.41, 5.74) is 2.74. The molecule has 0 aromatic heterocycles. The average Bonchev–Trinajstić information content (AvgIpc) is 3.03. The van der Waals surface area contributed by atoms with E-state index in [1.54, 1.807) is 16.4 Å². The van der Waals surface area contributed by atoms with Crippen molar-refractivity contribution in [1.29, 1.82) is 0 Å². The van der Waals surface area contributed by atoms with E-state index in [0.29, 0.717) is 37.7 Å². The molecule has 0 radical (unpaired) electrons. The van der Waals surface area contributed by atoms with Crippen molar-refractivity contribution in [3.8, 4) is 0 Å². The Hall–Kier alpha value is -2.74. The zero-order valence-corrected chi connectivity index (χ0v) is 17.7. The summed E-state index contributed by atoms with van der Waals surface area (Å²) in [6.07, 6.45) is 0. The zero-order chi connectivity index (χ0) is 20.9. The maximum Gasteiger partial charge on any atom is 0.263 e. The Labute approximate surface area is 176 Å². The fourth-order valence-electron chi connectivity index (χ4n) is 4.42. The number of benzene rings is 3. The largest absolute Gasteiger partial charge is 0.315 e. The van der Waals surface area contributed by atoms with Gasteiger partial charge in [0.15, 0.2) is 6.67 Å². The molecule has 0 aliphatic carbocycles.